The number of halogens is 1. The Labute approximate surface area is 253 Å². The van der Waals surface area contributed by atoms with Crippen molar-refractivity contribution in [2.75, 3.05) is 13.7 Å². The zero-order valence-electron chi connectivity index (χ0n) is 23.2. The summed E-state index contributed by atoms with van der Waals surface area (Å²) in [7, 11) is 1.52. The highest BCUT2D eigenvalue weighted by Crippen LogP contribution is 2.47. The summed E-state index contributed by atoms with van der Waals surface area (Å²) >= 11 is 3.59. The number of methoxy groups -OCH3 is 1. The van der Waals surface area contributed by atoms with E-state index < -0.39 is 23.9 Å². The highest BCUT2D eigenvalue weighted by molar-refractivity contribution is 14.1. The Kier molecular flexibility index (Phi) is 10.5. The van der Waals surface area contributed by atoms with Gasteiger partial charge in [0.2, 0.25) is 11.8 Å². The molecule has 1 aromatic carbocycles. The molecule has 9 heteroatoms. The number of ether oxygens (including phenoxy) is 1. The number of phenols is 1. The zero-order valence-corrected chi connectivity index (χ0v) is 26.2. The zero-order chi connectivity index (χ0) is 29.0. The molecule has 0 unspecified atom stereocenters. The van der Waals surface area contributed by atoms with Gasteiger partial charge in [0.15, 0.2) is 11.5 Å². The molecular formula is C31H38INO6S. The summed E-state index contributed by atoms with van der Waals surface area (Å²) in [5.74, 6) is -1.59. The van der Waals surface area contributed by atoms with Gasteiger partial charge in [-0.1, -0.05) is 43.6 Å². The van der Waals surface area contributed by atoms with E-state index in [2.05, 4.69) is 42.5 Å². The van der Waals surface area contributed by atoms with Gasteiger partial charge in [-0.2, -0.15) is 0 Å². The van der Waals surface area contributed by atoms with Gasteiger partial charge in [-0.05, 0) is 89.4 Å². The molecule has 1 fully saturated rings. The van der Waals surface area contributed by atoms with E-state index in [1.54, 1.807) is 6.07 Å². The number of aromatic hydroxyl groups is 1. The second-order valence-corrected chi connectivity index (χ2v) is 12.7. The molecule has 4 rings (SSSR count). The normalized spacial score (nSPS) is 22.2. The number of likely N-dealkylation sites (tertiary alicyclic amines) is 1. The maximum absolute atomic E-state index is 13.6. The summed E-state index contributed by atoms with van der Waals surface area (Å²) in [6, 6.07) is 7.50. The van der Waals surface area contributed by atoms with Crippen LogP contribution in [-0.4, -0.2) is 51.9 Å². The van der Waals surface area contributed by atoms with Crippen LogP contribution in [0.1, 0.15) is 62.8 Å². The van der Waals surface area contributed by atoms with Gasteiger partial charge in [-0.25, -0.2) is 0 Å². The van der Waals surface area contributed by atoms with Crippen molar-refractivity contribution < 1.29 is 29.6 Å². The van der Waals surface area contributed by atoms with Crippen molar-refractivity contribution in [3.63, 3.8) is 0 Å². The standard InChI is InChI=1S/C31H38INO6S/c1-4-7-20-15-22-28(31(38)33(30(22)37)16-21-8-6-11-40-21)23(17-34)27(20)25(35)10-9-18(5-2)12-19-13-24(32)29(36)26(14-19)39-3/h6,8,11-14,22-23,25,28,34-36H,4-5,7,9-10,15-17H2,1-3H3/b18-12+/t22-,23+,25-,28-/m1/s1. The number of fused-ring (bicyclic) bond motifs is 1. The smallest absolute Gasteiger partial charge is 0.234 e. The van der Waals surface area contributed by atoms with Crippen LogP contribution in [-0.2, 0) is 16.1 Å². The van der Waals surface area contributed by atoms with Crippen LogP contribution in [0.4, 0.5) is 0 Å². The van der Waals surface area contributed by atoms with Crippen LogP contribution in [0.15, 0.2) is 46.4 Å². The Hall–Kier alpha value is -2.21. The third kappa shape index (κ3) is 6.32. The first-order chi connectivity index (χ1) is 19.2. The number of aliphatic hydroxyl groups is 2. The molecule has 2 aromatic rings. The number of nitrogens with zero attached hydrogens (tertiary/aromatic N) is 1. The number of carbonyl (C=O) groups is 2. The number of allylic oxidation sites excluding steroid dienone is 2. The number of hydrogen-bond donors (Lipinski definition) is 3. The van der Waals surface area contributed by atoms with E-state index in [1.165, 1.54) is 23.3 Å². The van der Waals surface area contributed by atoms with Crippen LogP contribution in [0, 0.1) is 21.3 Å². The van der Waals surface area contributed by atoms with Crippen molar-refractivity contribution >= 4 is 51.8 Å². The van der Waals surface area contributed by atoms with Crippen LogP contribution in [0.2, 0.25) is 0 Å². The molecule has 4 atom stereocenters. The SMILES string of the molecule is CCCC1=C([C@H](O)CC/C(=C/c2cc(I)c(O)c(OC)c2)CC)[C@H](CO)[C@@H]2C(=O)N(Cc3cccs3)C(=O)[C@@H]2C1. The lowest BCUT2D eigenvalue weighted by molar-refractivity contribution is -0.140. The lowest BCUT2D eigenvalue weighted by Gasteiger charge is -2.36. The molecule has 40 heavy (non-hydrogen) atoms. The average molecular weight is 680 g/mol. The number of hydrogen-bond acceptors (Lipinski definition) is 7. The number of amides is 2. The van der Waals surface area contributed by atoms with Gasteiger partial charge in [0.25, 0.3) is 0 Å². The molecule has 2 heterocycles. The first-order valence-corrected chi connectivity index (χ1v) is 15.8. The second-order valence-electron chi connectivity index (χ2n) is 10.5. The maximum atomic E-state index is 13.6. The molecule has 0 radical (unpaired) electrons. The molecule has 0 bridgehead atoms. The fraction of sp³-hybridized carbons (Fsp3) is 0.484. The monoisotopic (exact) mass is 679 g/mol. The quantitative estimate of drug-likeness (QED) is 0.146. The largest absolute Gasteiger partial charge is 0.504 e. The van der Waals surface area contributed by atoms with Gasteiger partial charge >= 0.3 is 0 Å². The van der Waals surface area contributed by atoms with Crippen molar-refractivity contribution in [3.05, 3.63) is 60.4 Å². The summed E-state index contributed by atoms with van der Waals surface area (Å²) in [4.78, 5) is 29.2. The highest BCUT2D eigenvalue weighted by atomic mass is 127. The van der Waals surface area contributed by atoms with E-state index >= 15 is 0 Å². The van der Waals surface area contributed by atoms with Crippen molar-refractivity contribution in [1.29, 1.82) is 0 Å². The number of aliphatic hydroxyl groups excluding tert-OH is 2. The van der Waals surface area contributed by atoms with Crippen LogP contribution < -0.4 is 4.74 Å². The highest BCUT2D eigenvalue weighted by Gasteiger charge is 2.54. The Morgan fingerprint density at radius 2 is 2.05 bits per heavy atom. The maximum Gasteiger partial charge on any atom is 0.234 e. The molecule has 1 aromatic heterocycles. The van der Waals surface area contributed by atoms with Crippen molar-refractivity contribution in [2.24, 2.45) is 17.8 Å². The molecular weight excluding hydrogens is 641 g/mol. The molecule has 1 saturated heterocycles. The van der Waals surface area contributed by atoms with E-state index in [9.17, 15) is 24.9 Å². The number of rotatable bonds is 12. The molecule has 2 aliphatic rings. The van der Waals surface area contributed by atoms with E-state index in [0.29, 0.717) is 28.6 Å². The first kappa shape index (κ1) is 30.7. The molecule has 7 nitrogen and oxygen atoms in total. The Morgan fingerprint density at radius 3 is 2.67 bits per heavy atom. The molecule has 0 spiro atoms. The molecule has 2 amide bonds. The fourth-order valence-corrected chi connectivity index (χ4v) is 7.49. The number of carbonyl (C=O) groups excluding carboxylic acids is 2. The van der Waals surface area contributed by atoms with E-state index in [1.807, 2.05) is 23.6 Å². The molecule has 216 valence electrons. The first-order valence-electron chi connectivity index (χ1n) is 13.9. The van der Waals surface area contributed by atoms with Crippen molar-refractivity contribution in [3.8, 4) is 11.5 Å². The summed E-state index contributed by atoms with van der Waals surface area (Å²) in [5.41, 5.74) is 3.80. The summed E-state index contributed by atoms with van der Waals surface area (Å²) < 4.78 is 5.99. The van der Waals surface area contributed by atoms with Crippen molar-refractivity contribution in [2.45, 2.75) is 65.0 Å². The van der Waals surface area contributed by atoms with Gasteiger partial charge in [0, 0.05) is 10.8 Å². The summed E-state index contributed by atoms with van der Waals surface area (Å²) in [6.45, 7) is 4.10. The van der Waals surface area contributed by atoms with Crippen molar-refractivity contribution in [1.82, 2.24) is 4.90 Å². The molecule has 1 aliphatic carbocycles. The Balaban J connectivity index is 1.56. The number of phenolic OH excluding ortho intramolecular Hbond substituents is 1. The number of imide groups is 1. The van der Waals surface area contributed by atoms with Gasteiger partial charge in [-0.3, -0.25) is 14.5 Å². The van der Waals surface area contributed by atoms with Gasteiger partial charge < -0.3 is 20.1 Å². The average Bonchev–Trinajstić information content (AvgIpc) is 3.54. The van der Waals surface area contributed by atoms with E-state index in [0.717, 1.165) is 46.4 Å². The Morgan fingerprint density at radius 1 is 1.27 bits per heavy atom. The van der Waals surface area contributed by atoms with Crippen LogP contribution in [0.3, 0.4) is 0 Å². The minimum absolute atomic E-state index is 0.114. The van der Waals surface area contributed by atoms with Crippen LogP contribution >= 0.6 is 33.9 Å². The molecule has 0 saturated carbocycles. The predicted octanol–water partition coefficient (Wildman–Crippen LogP) is 5.91. The number of thiophene rings is 1. The van der Waals surface area contributed by atoms with Crippen LogP contribution in [0.25, 0.3) is 6.08 Å². The fourth-order valence-electron chi connectivity index (χ4n) is 6.17. The minimum atomic E-state index is -0.821. The third-order valence-electron chi connectivity index (χ3n) is 8.11. The Bertz CT molecular complexity index is 1290. The van der Waals surface area contributed by atoms with E-state index in [-0.39, 0.29) is 30.7 Å². The predicted molar refractivity (Wildman–Crippen MR) is 165 cm³/mol. The lowest BCUT2D eigenvalue weighted by atomic mass is 9.67. The summed E-state index contributed by atoms with van der Waals surface area (Å²) in [6.07, 6.45) is 5.12. The minimum Gasteiger partial charge on any atom is -0.504 e. The summed E-state index contributed by atoms with van der Waals surface area (Å²) in [5, 5.41) is 34.2. The number of benzene rings is 1. The topological polar surface area (TPSA) is 107 Å². The molecule has 1 aliphatic heterocycles. The van der Waals surface area contributed by atoms with Gasteiger partial charge in [-0.15, -0.1) is 11.3 Å². The second kappa shape index (κ2) is 13.6. The van der Waals surface area contributed by atoms with Gasteiger partial charge in [0.1, 0.15) is 0 Å². The van der Waals surface area contributed by atoms with Gasteiger partial charge in [0.05, 0.1) is 41.8 Å². The lowest BCUT2D eigenvalue weighted by Crippen LogP contribution is -2.39. The third-order valence-corrected chi connectivity index (χ3v) is 9.79. The van der Waals surface area contributed by atoms with Crippen LogP contribution in [0.5, 0.6) is 11.5 Å². The van der Waals surface area contributed by atoms with E-state index in [4.69, 9.17) is 4.74 Å². The molecule has 3 N–H and O–H groups in total.